The van der Waals surface area contributed by atoms with Crippen LogP contribution in [0.25, 0.3) is 28.3 Å². The third-order valence-electron chi connectivity index (χ3n) is 6.49. The van der Waals surface area contributed by atoms with Crippen molar-refractivity contribution in [3.8, 4) is 17.5 Å². The van der Waals surface area contributed by atoms with Crippen LogP contribution in [0.3, 0.4) is 0 Å². The third-order valence-corrected chi connectivity index (χ3v) is 7.86. The van der Waals surface area contributed by atoms with Gasteiger partial charge in [-0.05, 0) is 35.9 Å². The van der Waals surface area contributed by atoms with Crippen molar-refractivity contribution < 1.29 is 14.0 Å². The predicted octanol–water partition coefficient (Wildman–Crippen LogP) is 2.28. The highest BCUT2D eigenvalue weighted by Crippen LogP contribution is 2.36. The van der Waals surface area contributed by atoms with Crippen LogP contribution in [-0.4, -0.2) is 39.9 Å². The van der Waals surface area contributed by atoms with E-state index in [0.717, 1.165) is 26.1 Å². The number of methoxy groups -OCH3 is 1. The number of allylic oxidation sites excluding steroid dienone is 1. The summed E-state index contributed by atoms with van der Waals surface area (Å²) in [5.74, 6) is 0.798. The quantitative estimate of drug-likeness (QED) is 0.335. The number of aryl methyl sites for hydroxylation is 2. The van der Waals surface area contributed by atoms with Crippen LogP contribution in [0.1, 0.15) is 5.56 Å². The topological polar surface area (TPSA) is 121 Å². The molecular weight excluding hydrogens is 496 g/mol. The lowest BCUT2D eigenvalue weighted by Crippen LogP contribution is -2.37. The van der Waals surface area contributed by atoms with Gasteiger partial charge in [0, 0.05) is 21.1 Å². The molecule has 0 spiro atoms. The van der Waals surface area contributed by atoms with Crippen LogP contribution >= 0.6 is 0 Å². The van der Waals surface area contributed by atoms with Gasteiger partial charge in [0.15, 0.2) is 27.6 Å². The Hall–Kier alpha value is -4.29. The van der Waals surface area contributed by atoms with Crippen LogP contribution in [0, 0.1) is 0 Å². The van der Waals surface area contributed by atoms with E-state index in [2.05, 4.69) is 9.97 Å². The molecule has 1 unspecified atom stereocenters. The summed E-state index contributed by atoms with van der Waals surface area (Å²) in [4.78, 5) is 34.6. The maximum Gasteiger partial charge on any atom is 0.332 e. The van der Waals surface area contributed by atoms with Gasteiger partial charge in [-0.3, -0.25) is 23.1 Å². The second-order valence-electron chi connectivity index (χ2n) is 8.69. The van der Waals surface area contributed by atoms with Gasteiger partial charge in [-0.25, -0.2) is 4.79 Å². The largest absolute Gasteiger partial charge is 0.604 e. The molecule has 1 aliphatic rings. The summed E-state index contributed by atoms with van der Waals surface area (Å²) >= 11 is -1.37. The average molecular weight is 519 g/mol. The van der Waals surface area contributed by atoms with Gasteiger partial charge in [0.1, 0.15) is 0 Å². The summed E-state index contributed by atoms with van der Waals surface area (Å²) < 4.78 is 30.4. The number of benzene rings is 2. The molecule has 0 bridgehead atoms. The van der Waals surface area contributed by atoms with E-state index in [-0.39, 0.29) is 17.2 Å². The van der Waals surface area contributed by atoms with Gasteiger partial charge >= 0.3 is 16.9 Å². The molecule has 0 saturated carbocycles. The van der Waals surface area contributed by atoms with E-state index < -0.39 is 22.4 Å². The highest BCUT2D eigenvalue weighted by Gasteiger charge is 2.34. The fourth-order valence-corrected chi connectivity index (χ4v) is 5.78. The van der Waals surface area contributed by atoms with Crippen LogP contribution in [0.4, 0.5) is 0 Å². The minimum Gasteiger partial charge on any atom is -0.604 e. The van der Waals surface area contributed by atoms with Gasteiger partial charge in [0.25, 0.3) is 5.56 Å². The Morgan fingerprint density at radius 1 is 1.00 bits per heavy atom. The molecule has 0 aliphatic carbocycles. The predicted molar refractivity (Wildman–Crippen MR) is 138 cm³/mol. The molecule has 6 rings (SSSR count). The molecule has 188 valence electrons. The van der Waals surface area contributed by atoms with E-state index in [1.807, 2.05) is 41.0 Å². The Morgan fingerprint density at radius 3 is 2.57 bits per heavy atom. The first kappa shape index (κ1) is 23.1. The zero-order valence-electron chi connectivity index (χ0n) is 20.5. The molecule has 1 atom stereocenters. The fraction of sp³-hybridized carbons (Fsp3) is 0.200. The standard InChI is InChI=1S/C25H22N6O5S/c1-28-20-21(29(2)25(33)30(3)22(20)32)27-23(28)36-18-10-9-14(12-19(18)35-4)11-15-13-31-17-8-6-5-7-16(17)26-24(31)37(15)34/h5-12H,13H2,1-4H3. The second-order valence-corrected chi connectivity index (χ2v) is 10.1. The van der Waals surface area contributed by atoms with E-state index in [1.54, 1.807) is 26.2 Å². The van der Waals surface area contributed by atoms with Crippen LogP contribution in [0.5, 0.6) is 17.5 Å². The number of nitrogens with zero attached hydrogens (tertiary/aromatic N) is 6. The maximum atomic E-state index is 13.1. The smallest absolute Gasteiger partial charge is 0.332 e. The first-order chi connectivity index (χ1) is 17.8. The van der Waals surface area contributed by atoms with Crippen molar-refractivity contribution in [3.63, 3.8) is 0 Å². The number of fused-ring (bicyclic) bond motifs is 4. The Bertz CT molecular complexity index is 1880. The summed E-state index contributed by atoms with van der Waals surface area (Å²) in [6.45, 7) is 0.483. The molecule has 0 radical (unpaired) electrons. The highest BCUT2D eigenvalue weighted by molar-refractivity contribution is 7.95. The minimum atomic E-state index is -1.37. The van der Waals surface area contributed by atoms with Crippen molar-refractivity contribution >= 4 is 39.4 Å². The molecule has 2 aromatic carbocycles. The molecule has 0 fully saturated rings. The summed E-state index contributed by atoms with van der Waals surface area (Å²) in [6, 6.07) is 13.2. The van der Waals surface area contributed by atoms with Gasteiger partial charge in [0.05, 0.1) is 35.9 Å². The number of imidazole rings is 2. The number of hydrogen-bond donors (Lipinski definition) is 0. The van der Waals surface area contributed by atoms with Crippen molar-refractivity contribution in [2.24, 2.45) is 21.1 Å². The Labute approximate surface area is 213 Å². The summed E-state index contributed by atoms with van der Waals surface area (Å²) in [6.07, 6.45) is 1.86. The van der Waals surface area contributed by atoms with Crippen LogP contribution in [-0.2, 0) is 38.9 Å². The zero-order valence-corrected chi connectivity index (χ0v) is 21.3. The van der Waals surface area contributed by atoms with Crippen molar-refractivity contribution in [1.82, 2.24) is 28.2 Å². The minimum absolute atomic E-state index is 0.131. The molecule has 1 aliphatic heterocycles. The molecule has 3 aromatic heterocycles. The lowest BCUT2D eigenvalue weighted by atomic mass is 10.2. The molecule has 0 N–H and O–H groups in total. The summed E-state index contributed by atoms with van der Waals surface area (Å²) in [5.41, 5.74) is 2.08. The lowest BCUT2D eigenvalue weighted by Gasteiger charge is -2.11. The maximum absolute atomic E-state index is 13.1. The normalized spacial score (nSPS) is 16.1. The van der Waals surface area contributed by atoms with Crippen LogP contribution in [0.2, 0.25) is 0 Å². The third kappa shape index (κ3) is 3.48. The molecule has 0 amide bonds. The van der Waals surface area contributed by atoms with Crippen molar-refractivity contribution in [2.45, 2.75) is 11.7 Å². The highest BCUT2D eigenvalue weighted by atomic mass is 32.2. The van der Waals surface area contributed by atoms with Crippen molar-refractivity contribution in [1.29, 1.82) is 0 Å². The molecule has 0 saturated heterocycles. The van der Waals surface area contributed by atoms with Crippen LogP contribution < -0.4 is 20.7 Å². The van der Waals surface area contributed by atoms with E-state index in [1.165, 1.54) is 23.3 Å². The van der Waals surface area contributed by atoms with Gasteiger partial charge in [-0.1, -0.05) is 18.2 Å². The summed E-state index contributed by atoms with van der Waals surface area (Å²) in [5, 5.41) is 0.543. The Balaban J connectivity index is 1.34. The molecule has 5 aromatic rings. The first-order valence-corrected chi connectivity index (χ1v) is 12.5. The molecular formula is C25H22N6O5S. The molecule has 4 heterocycles. The number of ether oxygens (including phenoxy) is 2. The zero-order chi connectivity index (χ0) is 26.0. The first-order valence-electron chi connectivity index (χ1n) is 11.3. The number of para-hydroxylation sites is 2. The number of rotatable bonds is 4. The van der Waals surface area contributed by atoms with Crippen molar-refractivity contribution in [2.75, 3.05) is 7.11 Å². The van der Waals surface area contributed by atoms with E-state index in [4.69, 9.17) is 9.47 Å². The van der Waals surface area contributed by atoms with Gasteiger partial charge in [0.2, 0.25) is 0 Å². The van der Waals surface area contributed by atoms with Gasteiger partial charge in [-0.15, -0.1) is 0 Å². The van der Waals surface area contributed by atoms with E-state index in [0.29, 0.717) is 23.2 Å². The monoisotopic (exact) mass is 518 g/mol. The molecule has 11 nitrogen and oxygen atoms in total. The van der Waals surface area contributed by atoms with E-state index in [9.17, 15) is 14.1 Å². The van der Waals surface area contributed by atoms with Crippen LogP contribution in [0.15, 0.2) is 62.1 Å². The Morgan fingerprint density at radius 2 is 1.78 bits per heavy atom. The Kier molecular flexibility index (Phi) is 5.24. The van der Waals surface area contributed by atoms with Gasteiger partial charge in [-0.2, -0.15) is 9.97 Å². The second kappa shape index (κ2) is 8.39. The summed E-state index contributed by atoms with van der Waals surface area (Å²) in [7, 11) is 6.12. The number of aromatic nitrogens is 6. The lowest BCUT2D eigenvalue weighted by molar-refractivity contribution is 0.363. The fourth-order valence-electron chi connectivity index (χ4n) is 4.51. The molecule has 12 heteroatoms. The molecule has 37 heavy (non-hydrogen) atoms. The van der Waals surface area contributed by atoms with Gasteiger partial charge < -0.3 is 14.0 Å². The average Bonchev–Trinajstić information content (AvgIpc) is 3.53. The van der Waals surface area contributed by atoms with Crippen molar-refractivity contribution in [3.05, 3.63) is 73.8 Å². The number of hydrogen-bond acceptors (Lipinski definition) is 7. The SMILES string of the molecule is COc1cc(C=C2Cn3c(nc4ccccc43)[S+]2[O-])ccc1Oc1nc2c(c(=O)n(C)c(=O)n2C)n1C. The van der Waals surface area contributed by atoms with E-state index >= 15 is 0 Å².